The van der Waals surface area contributed by atoms with Gasteiger partial charge >= 0.3 is 6.30 Å². The Kier molecular flexibility index (Phi) is 9.25. The standard InChI is InChI=1S/C15H13BrClF3N4OS2.CH2O2/c16-12-9(3-7(6-25)24-15(18,19)20)27-14-8(4-10(17)23-13(12)14)22-5-11-21-1-2-26-11;2-1-3/h1-2,4,7,24-25H,3,5-6H2,(H,22,23);1H,(H,2,3)/t7-;/m1./s1. The van der Waals surface area contributed by atoms with Crippen LogP contribution in [0.25, 0.3) is 10.2 Å². The van der Waals surface area contributed by atoms with Gasteiger partial charge in [-0.3, -0.25) is 4.79 Å². The summed E-state index contributed by atoms with van der Waals surface area (Å²) in [5, 5.41) is 23.9. The molecule has 0 radical (unpaired) electrons. The monoisotopic (exact) mass is 546 g/mol. The Labute approximate surface area is 190 Å². The van der Waals surface area contributed by atoms with Gasteiger partial charge in [-0.05, 0) is 15.9 Å². The quantitative estimate of drug-likeness (QED) is 0.196. The molecule has 3 heterocycles. The van der Waals surface area contributed by atoms with Crippen LogP contribution in [-0.2, 0) is 17.8 Å². The minimum atomic E-state index is -4.57. The highest BCUT2D eigenvalue weighted by Gasteiger charge is 2.31. The zero-order valence-corrected chi connectivity index (χ0v) is 18.9. The Morgan fingerprint density at radius 3 is 2.67 bits per heavy atom. The molecule has 3 aromatic heterocycles. The highest BCUT2D eigenvalue weighted by atomic mass is 79.9. The molecule has 0 amide bonds. The van der Waals surface area contributed by atoms with Gasteiger partial charge in [0.05, 0.1) is 33.5 Å². The molecule has 7 nitrogen and oxygen atoms in total. The van der Waals surface area contributed by atoms with Crippen LogP contribution in [0.2, 0.25) is 5.15 Å². The third kappa shape index (κ3) is 7.03. The van der Waals surface area contributed by atoms with E-state index in [1.165, 1.54) is 28.0 Å². The maximum Gasteiger partial charge on any atom is 0.457 e. The number of halogens is 5. The van der Waals surface area contributed by atoms with Gasteiger partial charge in [-0.15, -0.1) is 22.7 Å². The first-order valence-electron chi connectivity index (χ1n) is 8.11. The highest BCUT2D eigenvalue weighted by Crippen LogP contribution is 2.40. The number of aliphatic hydroxyl groups is 1. The summed E-state index contributed by atoms with van der Waals surface area (Å²) in [6, 6.07) is 0.512. The number of nitrogens with zero attached hydrogens (tertiary/aromatic N) is 2. The van der Waals surface area contributed by atoms with Gasteiger partial charge in [0, 0.05) is 35.0 Å². The van der Waals surface area contributed by atoms with E-state index in [1.807, 2.05) is 5.38 Å². The van der Waals surface area contributed by atoms with E-state index in [0.717, 1.165) is 15.4 Å². The van der Waals surface area contributed by atoms with Crippen LogP contribution in [0.3, 0.4) is 0 Å². The van der Waals surface area contributed by atoms with Gasteiger partial charge < -0.3 is 15.5 Å². The molecule has 1 atom stereocenters. The Bertz CT molecular complexity index is 973. The largest absolute Gasteiger partial charge is 0.483 e. The van der Waals surface area contributed by atoms with Crippen LogP contribution in [0.4, 0.5) is 18.9 Å². The average molecular weight is 548 g/mol. The zero-order chi connectivity index (χ0) is 22.3. The van der Waals surface area contributed by atoms with Gasteiger partial charge in [0.15, 0.2) is 0 Å². The lowest BCUT2D eigenvalue weighted by atomic mass is 10.2. The molecule has 0 aliphatic carbocycles. The second-order valence-corrected chi connectivity index (χ2v) is 8.88. The number of pyridine rings is 1. The molecular weight excluding hydrogens is 533 g/mol. The highest BCUT2D eigenvalue weighted by molar-refractivity contribution is 9.10. The van der Waals surface area contributed by atoms with Crippen molar-refractivity contribution in [1.82, 2.24) is 15.3 Å². The molecule has 30 heavy (non-hydrogen) atoms. The number of thiophene rings is 1. The fourth-order valence-electron chi connectivity index (χ4n) is 2.44. The average Bonchev–Trinajstić information content (AvgIpc) is 3.28. The molecule has 164 valence electrons. The topological polar surface area (TPSA) is 107 Å². The van der Waals surface area contributed by atoms with E-state index in [4.69, 9.17) is 21.5 Å². The van der Waals surface area contributed by atoms with E-state index in [9.17, 15) is 18.3 Å². The molecule has 0 aliphatic heterocycles. The van der Waals surface area contributed by atoms with Crippen LogP contribution >= 0.6 is 50.2 Å². The number of fused-ring (bicyclic) bond motifs is 1. The zero-order valence-electron chi connectivity index (χ0n) is 14.9. The number of rotatable bonds is 7. The van der Waals surface area contributed by atoms with Crippen molar-refractivity contribution in [2.24, 2.45) is 0 Å². The van der Waals surface area contributed by atoms with Gasteiger partial charge in [-0.1, -0.05) is 11.6 Å². The summed E-state index contributed by atoms with van der Waals surface area (Å²) in [4.78, 5) is 17.5. The maximum atomic E-state index is 12.6. The fraction of sp³-hybridized carbons (Fsp3) is 0.312. The minimum Gasteiger partial charge on any atom is -0.483 e. The number of hydrogen-bond acceptors (Lipinski definition) is 8. The molecule has 3 rings (SSSR count). The van der Waals surface area contributed by atoms with Crippen molar-refractivity contribution in [3.63, 3.8) is 0 Å². The van der Waals surface area contributed by atoms with Crippen molar-refractivity contribution in [2.45, 2.75) is 25.3 Å². The second kappa shape index (κ2) is 11.2. The van der Waals surface area contributed by atoms with Crippen LogP contribution in [-0.4, -0.2) is 45.6 Å². The first-order chi connectivity index (χ1) is 14.2. The molecule has 4 N–H and O–H groups in total. The first kappa shape index (κ1) is 24.8. The Balaban J connectivity index is 0.00000101. The Hall–Kier alpha value is -1.51. The van der Waals surface area contributed by atoms with E-state index in [1.54, 1.807) is 12.3 Å². The lowest BCUT2D eigenvalue weighted by molar-refractivity contribution is -0.166. The van der Waals surface area contributed by atoms with Crippen LogP contribution in [0.5, 0.6) is 0 Å². The van der Waals surface area contributed by atoms with Gasteiger partial charge in [-0.2, -0.15) is 13.2 Å². The predicted molar refractivity (Wildman–Crippen MR) is 114 cm³/mol. The predicted octanol–water partition coefficient (Wildman–Crippen LogP) is 4.49. The van der Waals surface area contributed by atoms with Crippen molar-refractivity contribution in [3.05, 3.63) is 37.2 Å². The molecule has 0 saturated heterocycles. The van der Waals surface area contributed by atoms with E-state index in [-0.39, 0.29) is 18.0 Å². The maximum absolute atomic E-state index is 12.6. The summed E-state index contributed by atoms with van der Waals surface area (Å²) in [5.74, 6) is 0. The number of carbonyl (C=O) groups is 1. The first-order valence-corrected chi connectivity index (χ1v) is 11.0. The van der Waals surface area contributed by atoms with Crippen molar-refractivity contribution in [2.75, 3.05) is 11.9 Å². The second-order valence-electron chi connectivity index (χ2n) is 5.62. The van der Waals surface area contributed by atoms with Crippen molar-refractivity contribution < 1.29 is 28.2 Å². The molecule has 0 bridgehead atoms. The molecule has 0 fully saturated rings. The van der Waals surface area contributed by atoms with Crippen LogP contribution in [0.1, 0.15) is 9.88 Å². The van der Waals surface area contributed by atoms with Crippen LogP contribution < -0.4 is 10.6 Å². The SMILES string of the molecule is O=CO.OC[C@@H](Cc1sc2c(NCc3nccs3)cc(Cl)nc2c1Br)NC(F)(F)F. The molecular formula is C16H15BrClF3N4O3S2. The van der Waals surface area contributed by atoms with E-state index < -0.39 is 18.9 Å². The Morgan fingerprint density at radius 1 is 1.40 bits per heavy atom. The molecule has 0 aliphatic rings. The summed E-state index contributed by atoms with van der Waals surface area (Å²) < 4.78 is 39.1. The van der Waals surface area contributed by atoms with Crippen molar-refractivity contribution in [1.29, 1.82) is 0 Å². The van der Waals surface area contributed by atoms with Gasteiger partial charge in [0.2, 0.25) is 0 Å². The lowest BCUT2D eigenvalue weighted by Gasteiger charge is -2.17. The number of nitrogens with one attached hydrogen (secondary N) is 2. The molecule has 0 saturated carbocycles. The normalized spacial score (nSPS) is 12.3. The van der Waals surface area contributed by atoms with Gasteiger partial charge in [-0.25, -0.2) is 15.3 Å². The number of thiazole rings is 1. The van der Waals surface area contributed by atoms with Gasteiger partial charge in [0.1, 0.15) is 10.2 Å². The number of anilines is 1. The third-order valence-electron chi connectivity index (χ3n) is 3.55. The summed E-state index contributed by atoms with van der Waals surface area (Å²) in [5.41, 5.74) is 1.29. The summed E-state index contributed by atoms with van der Waals surface area (Å²) in [6.07, 6.45) is -2.88. The summed E-state index contributed by atoms with van der Waals surface area (Å²) >= 11 is 12.3. The van der Waals surface area contributed by atoms with E-state index in [0.29, 0.717) is 21.4 Å². The smallest absolute Gasteiger partial charge is 0.457 e. The summed E-state index contributed by atoms with van der Waals surface area (Å²) in [6.45, 7) is -0.406. The minimum absolute atomic E-state index is 0.0127. The molecule has 0 spiro atoms. The van der Waals surface area contributed by atoms with Crippen LogP contribution in [0, 0.1) is 0 Å². The number of aliphatic hydroxyl groups excluding tert-OH is 1. The number of alkyl halides is 3. The molecule has 3 aromatic rings. The number of hydrogen-bond donors (Lipinski definition) is 4. The molecule has 0 unspecified atom stereocenters. The molecule has 0 aromatic carbocycles. The number of aromatic nitrogens is 2. The summed E-state index contributed by atoms with van der Waals surface area (Å²) in [7, 11) is 0. The van der Waals surface area contributed by atoms with E-state index in [2.05, 4.69) is 31.2 Å². The van der Waals surface area contributed by atoms with Crippen molar-refractivity contribution in [3.8, 4) is 0 Å². The lowest BCUT2D eigenvalue weighted by Crippen LogP contribution is -2.44. The number of carboxylic acid groups (broad SMARTS) is 1. The molecule has 14 heteroatoms. The fourth-order valence-corrected chi connectivity index (χ4v) is 5.22. The Morgan fingerprint density at radius 2 is 2.10 bits per heavy atom. The van der Waals surface area contributed by atoms with Crippen molar-refractivity contribution >= 4 is 72.6 Å². The van der Waals surface area contributed by atoms with Crippen LogP contribution in [0.15, 0.2) is 22.1 Å². The van der Waals surface area contributed by atoms with Gasteiger partial charge in [0.25, 0.3) is 6.47 Å². The third-order valence-corrected chi connectivity index (χ3v) is 6.88. The van der Waals surface area contributed by atoms with E-state index >= 15 is 0 Å².